The molecule has 0 saturated heterocycles. The maximum atomic E-state index is 2.42. The van der Waals surface area contributed by atoms with Crippen LogP contribution in [0.2, 0.25) is 0 Å². The van der Waals surface area contributed by atoms with Gasteiger partial charge < -0.3 is 0 Å². The zero-order valence-corrected chi connectivity index (χ0v) is 33.8. The van der Waals surface area contributed by atoms with Crippen molar-refractivity contribution in [3.05, 3.63) is 218 Å². The summed E-state index contributed by atoms with van der Waals surface area (Å²) in [6.45, 7) is 0. The average Bonchev–Trinajstić information content (AvgIpc) is 3.69. The fourth-order valence-corrected chi connectivity index (χ4v) is 11.6. The molecule has 0 saturated carbocycles. The molecule has 0 amide bonds. The maximum Gasteiger partial charge on any atom is -0.000785 e. The molecule has 0 fully saturated rings. The zero-order valence-electron chi connectivity index (χ0n) is 33.8. The molecule has 0 aliphatic heterocycles. The van der Waals surface area contributed by atoms with E-state index < -0.39 is 0 Å². The van der Waals surface area contributed by atoms with Crippen molar-refractivity contribution >= 4 is 86.2 Å². The molecule has 0 aromatic heterocycles. The van der Waals surface area contributed by atoms with Crippen molar-refractivity contribution in [2.75, 3.05) is 0 Å². The Bertz CT molecular complexity index is 3970. The van der Waals surface area contributed by atoms with Crippen molar-refractivity contribution in [1.29, 1.82) is 0 Å². The van der Waals surface area contributed by atoms with Gasteiger partial charge in [0.2, 0.25) is 0 Å². The molecule has 13 aromatic rings. The minimum Gasteiger partial charge on any atom is -0.0622 e. The van der Waals surface area contributed by atoms with Crippen LogP contribution < -0.4 is 0 Å². The largest absolute Gasteiger partial charge is 0.0622 e. The SMILES string of the molecule is c1ccc(-c2ccc3c4c(c5ccccc5c3c2-c2c3ccccc3c(-c3cccc5c6ccccc6c6ccccc6c35)c3ccccc23)-c2cccc3cccc-4c23)cc1. The molecule has 0 nitrogen and oxygen atoms in total. The highest BCUT2D eigenvalue weighted by Crippen LogP contribution is 2.57. The van der Waals surface area contributed by atoms with Crippen molar-refractivity contribution < 1.29 is 0 Å². The van der Waals surface area contributed by atoms with Crippen LogP contribution in [0.15, 0.2) is 218 Å². The number of fused-ring (bicyclic) bond motifs is 16. The predicted octanol–water partition coefficient (Wildman–Crippen LogP) is 17.6. The number of rotatable bonds is 3. The Balaban J connectivity index is 1.20. The molecular weight excluding hydrogens is 745 g/mol. The summed E-state index contributed by atoms with van der Waals surface area (Å²) in [6.07, 6.45) is 0. The summed E-state index contributed by atoms with van der Waals surface area (Å²) in [6, 6.07) is 81.9. The molecule has 0 bridgehead atoms. The Hall–Kier alpha value is -8.06. The maximum absolute atomic E-state index is 2.42. The van der Waals surface area contributed by atoms with Gasteiger partial charge in [-0.1, -0.05) is 218 Å². The van der Waals surface area contributed by atoms with Gasteiger partial charge in [0.25, 0.3) is 0 Å². The third-order valence-corrected chi connectivity index (χ3v) is 13.9. The Kier molecular flexibility index (Phi) is 6.92. The lowest BCUT2D eigenvalue weighted by atomic mass is 9.79. The first-order valence-electron chi connectivity index (χ1n) is 21.7. The van der Waals surface area contributed by atoms with Gasteiger partial charge in [0, 0.05) is 0 Å². The third kappa shape index (κ3) is 4.45. The minimum atomic E-state index is 1.21. The Morgan fingerprint density at radius 1 is 0.161 bits per heavy atom. The zero-order chi connectivity index (χ0) is 40.5. The highest BCUT2D eigenvalue weighted by Gasteiger charge is 2.30. The molecule has 0 heteroatoms. The molecule has 1 aliphatic rings. The molecule has 62 heavy (non-hydrogen) atoms. The lowest BCUT2D eigenvalue weighted by molar-refractivity contribution is 1.64. The van der Waals surface area contributed by atoms with E-state index >= 15 is 0 Å². The summed E-state index contributed by atoms with van der Waals surface area (Å²) in [5.74, 6) is 0. The molecule has 14 rings (SSSR count). The van der Waals surface area contributed by atoms with Crippen molar-refractivity contribution in [2.45, 2.75) is 0 Å². The monoisotopic (exact) mass is 780 g/mol. The highest BCUT2D eigenvalue weighted by atomic mass is 14.3. The lowest BCUT2D eigenvalue weighted by Gasteiger charge is -2.24. The summed E-state index contributed by atoms with van der Waals surface area (Å²) in [5.41, 5.74) is 12.9. The van der Waals surface area contributed by atoms with E-state index in [0.717, 1.165) is 0 Å². The van der Waals surface area contributed by atoms with Gasteiger partial charge in [-0.15, -0.1) is 0 Å². The lowest BCUT2D eigenvalue weighted by Crippen LogP contribution is -1.96. The Morgan fingerprint density at radius 2 is 0.548 bits per heavy atom. The van der Waals surface area contributed by atoms with Crippen molar-refractivity contribution in [3.8, 4) is 55.6 Å². The van der Waals surface area contributed by atoms with Crippen LogP contribution in [0.5, 0.6) is 0 Å². The van der Waals surface area contributed by atoms with Gasteiger partial charge in [-0.3, -0.25) is 0 Å². The van der Waals surface area contributed by atoms with Crippen LogP contribution in [0.4, 0.5) is 0 Å². The third-order valence-electron chi connectivity index (χ3n) is 13.9. The summed E-state index contributed by atoms with van der Waals surface area (Å²) in [7, 11) is 0. The van der Waals surface area contributed by atoms with Gasteiger partial charge in [-0.25, -0.2) is 0 Å². The van der Waals surface area contributed by atoms with Gasteiger partial charge in [-0.05, 0) is 142 Å². The van der Waals surface area contributed by atoms with Gasteiger partial charge in [0.05, 0.1) is 0 Å². The van der Waals surface area contributed by atoms with Crippen LogP contribution in [-0.4, -0.2) is 0 Å². The van der Waals surface area contributed by atoms with Crippen molar-refractivity contribution in [3.63, 3.8) is 0 Å². The van der Waals surface area contributed by atoms with E-state index in [1.807, 2.05) is 0 Å². The summed E-state index contributed by atoms with van der Waals surface area (Å²) >= 11 is 0. The number of benzene rings is 13. The molecule has 0 atom stereocenters. The second-order valence-corrected chi connectivity index (χ2v) is 16.9. The number of hydrogen-bond donors (Lipinski definition) is 0. The summed E-state index contributed by atoms with van der Waals surface area (Å²) < 4.78 is 0. The van der Waals surface area contributed by atoms with Gasteiger partial charge >= 0.3 is 0 Å². The Morgan fingerprint density at radius 3 is 1.11 bits per heavy atom. The summed E-state index contributed by atoms with van der Waals surface area (Å²) in [4.78, 5) is 0. The van der Waals surface area contributed by atoms with E-state index in [-0.39, 0.29) is 0 Å². The quantitative estimate of drug-likeness (QED) is 0.124. The van der Waals surface area contributed by atoms with Crippen molar-refractivity contribution in [2.24, 2.45) is 0 Å². The molecule has 0 spiro atoms. The molecule has 0 radical (unpaired) electrons. The molecule has 0 heterocycles. The van der Waals surface area contributed by atoms with Gasteiger partial charge in [0.15, 0.2) is 0 Å². The number of hydrogen-bond acceptors (Lipinski definition) is 0. The van der Waals surface area contributed by atoms with E-state index in [0.29, 0.717) is 0 Å². The molecule has 0 N–H and O–H groups in total. The van der Waals surface area contributed by atoms with Gasteiger partial charge in [-0.2, -0.15) is 0 Å². The molecule has 0 unspecified atom stereocenters. The first-order valence-corrected chi connectivity index (χ1v) is 21.7. The van der Waals surface area contributed by atoms with E-state index in [1.165, 1.54) is 142 Å². The molecule has 13 aromatic carbocycles. The topological polar surface area (TPSA) is 0 Å². The molecular formula is C62H36. The second kappa shape index (κ2) is 12.7. The van der Waals surface area contributed by atoms with E-state index in [9.17, 15) is 0 Å². The van der Waals surface area contributed by atoms with E-state index in [2.05, 4.69) is 218 Å². The van der Waals surface area contributed by atoms with Crippen LogP contribution >= 0.6 is 0 Å². The second-order valence-electron chi connectivity index (χ2n) is 16.9. The van der Waals surface area contributed by atoms with Crippen LogP contribution in [0.1, 0.15) is 0 Å². The first kappa shape index (κ1) is 33.7. The average molecular weight is 781 g/mol. The molecule has 1 aliphatic carbocycles. The van der Waals surface area contributed by atoms with Gasteiger partial charge in [0.1, 0.15) is 0 Å². The smallest absolute Gasteiger partial charge is 0.000785 e. The van der Waals surface area contributed by atoms with Crippen molar-refractivity contribution in [1.82, 2.24) is 0 Å². The van der Waals surface area contributed by atoms with Crippen LogP contribution in [-0.2, 0) is 0 Å². The van der Waals surface area contributed by atoms with E-state index in [1.54, 1.807) is 0 Å². The minimum absolute atomic E-state index is 1.21. The fraction of sp³-hybridized carbons (Fsp3) is 0. The summed E-state index contributed by atoms with van der Waals surface area (Å²) in [5, 5.41) is 20.6. The standard InChI is InChI=1S/C62H36/c1-2-17-37(18-3-1)39-35-36-54-60(50-30-13-12-29-49(50)59-51-32-14-19-38-20-15-33-52(55(38)51)61(54)59)62(39)58-47-27-10-8-25-45(47)57(46-26-9-11-28-48(46)58)53-34-16-31-44-42-22-5-4-21-40(42)41-23-6-7-24-43(41)56(44)53/h1-36H. The normalized spacial score (nSPS) is 12.2. The van der Waals surface area contributed by atoms with Crippen LogP contribution in [0.25, 0.3) is 142 Å². The highest BCUT2D eigenvalue weighted by molar-refractivity contribution is 6.36. The first-order chi connectivity index (χ1) is 30.8. The predicted molar refractivity (Wildman–Crippen MR) is 267 cm³/mol. The van der Waals surface area contributed by atoms with Crippen LogP contribution in [0.3, 0.4) is 0 Å². The van der Waals surface area contributed by atoms with E-state index in [4.69, 9.17) is 0 Å². The fourth-order valence-electron chi connectivity index (χ4n) is 11.6. The molecule has 284 valence electrons. The van der Waals surface area contributed by atoms with Crippen LogP contribution in [0, 0.1) is 0 Å². The Labute approximate surface area is 358 Å².